The Bertz CT molecular complexity index is 1160. The average molecular weight is 436 g/mol. The SMILES string of the molecule is Cc1cccc(C)c1NC(=O)CSc1ncc(-c2ccc(F)cc2)n1Cc1ccco1. The Morgan fingerprint density at radius 2 is 1.84 bits per heavy atom. The summed E-state index contributed by atoms with van der Waals surface area (Å²) in [4.78, 5) is 17.1. The van der Waals surface area contributed by atoms with E-state index in [1.807, 2.05) is 48.7 Å². The maximum Gasteiger partial charge on any atom is 0.234 e. The number of aryl methyl sites for hydroxylation is 2. The smallest absolute Gasteiger partial charge is 0.234 e. The molecule has 0 aliphatic heterocycles. The van der Waals surface area contributed by atoms with E-state index in [0.29, 0.717) is 11.7 Å². The molecule has 0 saturated carbocycles. The number of imidazole rings is 1. The van der Waals surface area contributed by atoms with E-state index in [1.54, 1.807) is 24.6 Å². The number of hydrogen-bond donors (Lipinski definition) is 1. The number of hydrogen-bond acceptors (Lipinski definition) is 4. The monoisotopic (exact) mass is 435 g/mol. The number of furan rings is 1. The number of nitrogens with one attached hydrogen (secondary N) is 1. The second-order valence-corrected chi connectivity index (χ2v) is 8.14. The number of benzene rings is 2. The molecule has 0 bridgehead atoms. The molecule has 4 rings (SSSR count). The Morgan fingerprint density at radius 3 is 2.52 bits per heavy atom. The van der Waals surface area contributed by atoms with Crippen LogP contribution in [0.15, 0.2) is 76.6 Å². The van der Waals surface area contributed by atoms with Gasteiger partial charge in [-0.25, -0.2) is 9.37 Å². The lowest BCUT2D eigenvalue weighted by atomic mass is 10.1. The Morgan fingerprint density at radius 1 is 1.10 bits per heavy atom. The zero-order chi connectivity index (χ0) is 21.8. The highest BCUT2D eigenvalue weighted by atomic mass is 32.2. The highest BCUT2D eigenvalue weighted by molar-refractivity contribution is 7.99. The van der Waals surface area contributed by atoms with Crippen LogP contribution < -0.4 is 5.32 Å². The molecule has 4 aromatic rings. The van der Waals surface area contributed by atoms with Gasteiger partial charge in [-0.3, -0.25) is 4.79 Å². The van der Waals surface area contributed by atoms with Gasteiger partial charge in [-0.2, -0.15) is 0 Å². The number of rotatable bonds is 7. The molecule has 1 amide bonds. The van der Waals surface area contributed by atoms with Gasteiger partial charge in [-0.05, 0) is 66.9 Å². The number of aromatic nitrogens is 2. The number of thioether (sulfide) groups is 1. The van der Waals surface area contributed by atoms with Crippen molar-refractivity contribution in [1.82, 2.24) is 9.55 Å². The van der Waals surface area contributed by atoms with Crippen molar-refractivity contribution in [2.24, 2.45) is 0 Å². The normalized spacial score (nSPS) is 10.9. The number of carbonyl (C=O) groups excluding carboxylic acids is 1. The lowest BCUT2D eigenvalue weighted by Gasteiger charge is -2.12. The molecular formula is C24H22FN3O2S. The molecule has 2 aromatic heterocycles. The molecule has 0 atom stereocenters. The van der Waals surface area contributed by atoms with Crippen molar-refractivity contribution in [3.8, 4) is 11.3 Å². The van der Waals surface area contributed by atoms with Gasteiger partial charge >= 0.3 is 0 Å². The minimum Gasteiger partial charge on any atom is -0.467 e. The number of halogens is 1. The molecule has 1 N–H and O–H groups in total. The molecule has 0 aliphatic rings. The summed E-state index contributed by atoms with van der Waals surface area (Å²) < 4.78 is 20.9. The van der Waals surface area contributed by atoms with E-state index in [-0.39, 0.29) is 17.5 Å². The van der Waals surface area contributed by atoms with Crippen LogP contribution in [0, 0.1) is 19.7 Å². The second kappa shape index (κ2) is 9.22. The molecule has 0 unspecified atom stereocenters. The lowest BCUT2D eigenvalue weighted by molar-refractivity contribution is -0.113. The molecule has 0 spiro atoms. The predicted molar refractivity (Wildman–Crippen MR) is 121 cm³/mol. The van der Waals surface area contributed by atoms with Crippen LogP contribution in [0.2, 0.25) is 0 Å². The van der Waals surface area contributed by atoms with Gasteiger partial charge in [0.2, 0.25) is 5.91 Å². The van der Waals surface area contributed by atoms with Gasteiger partial charge < -0.3 is 14.3 Å². The Labute approximate surface area is 184 Å². The molecule has 31 heavy (non-hydrogen) atoms. The first-order valence-electron chi connectivity index (χ1n) is 9.84. The lowest BCUT2D eigenvalue weighted by Crippen LogP contribution is -2.16. The van der Waals surface area contributed by atoms with Gasteiger partial charge in [0.1, 0.15) is 11.6 Å². The van der Waals surface area contributed by atoms with Crippen molar-refractivity contribution in [2.75, 3.05) is 11.1 Å². The van der Waals surface area contributed by atoms with Gasteiger partial charge in [0, 0.05) is 5.69 Å². The van der Waals surface area contributed by atoms with Crippen molar-refractivity contribution < 1.29 is 13.6 Å². The van der Waals surface area contributed by atoms with E-state index in [9.17, 15) is 9.18 Å². The molecule has 158 valence electrons. The quantitative estimate of drug-likeness (QED) is 0.380. The predicted octanol–water partition coefficient (Wildman–Crippen LogP) is 5.68. The van der Waals surface area contributed by atoms with Crippen molar-refractivity contribution in [3.05, 3.63) is 89.8 Å². The zero-order valence-corrected chi connectivity index (χ0v) is 18.1. The van der Waals surface area contributed by atoms with Crippen molar-refractivity contribution in [1.29, 1.82) is 0 Å². The van der Waals surface area contributed by atoms with E-state index >= 15 is 0 Å². The highest BCUT2D eigenvalue weighted by Gasteiger charge is 2.16. The minimum atomic E-state index is -0.293. The van der Waals surface area contributed by atoms with Gasteiger partial charge in [0.05, 0.1) is 30.5 Å². The summed E-state index contributed by atoms with van der Waals surface area (Å²) in [5.41, 5.74) is 4.56. The topological polar surface area (TPSA) is 60.1 Å². The summed E-state index contributed by atoms with van der Waals surface area (Å²) in [5.74, 6) is 0.589. The first-order chi connectivity index (χ1) is 15.0. The third-order valence-corrected chi connectivity index (χ3v) is 5.92. The van der Waals surface area contributed by atoms with Crippen LogP contribution in [0.3, 0.4) is 0 Å². The summed E-state index contributed by atoms with van der Waals surface area (Å²) in [5, 5.41) is 3.69. The summed E-state index contributed by atoms with van der Waals surface area (Å²) in [7, 11) is 0. The minimum absolute atomic E-state index is 0.0988. The van der Waals surface area contributed by atoms with Crippen molar-refractivity contribution in [3.63, 3.8) is 0 Å². The molecule has 0 radical (unpaired) electrons. The maximum absolute atomic E-state index is 13.4. The molecular weight excluding hydrogens is 413 g/mol. The van der Waals surface area contributed by atoms with Gasteiger partial charge in [-0.1, -0.05) is 30.0 Å². The van der Waals surface area contributed by atoms with Gasteiger partial charge in [0.25, 0.3) is 0 Å². The van der Waals surface area contributed by atoms with E-state index in [0.717, 1.165) is 33.8 Å². The summed E-state index contributed by atoms with van der Waals surface area (Å²) in [6, 6.07) is 15.9. The van der Waals surface area contributed by atoms with Crippen LogP contribution in [0.5, 0.6) is 0 Å². The Hall–Kier alpha value is -3.32. The Balaban J connectivity index is 1.54. The molecule has 5 nitrogen and oxygen atoms in total. The fraction of sp³-hybridized carbons (Fsp3) is 0.167. The summed E-state index contributed by atoms with van der Waals surface area (Å²) >= 11 is 1.35. The third-order valence-electron chi connectivity index (χ3n) is 4.93. The van der Waals surface area contributed by atoms with E-state index in [2.05, 4.69) is 10.3 Å². The first kappa shape index (κ1) is 20.9. The van der Waals surface area contributed by atoms with Crippen molar-refractivity contribution >= 4 is 23.4 Å². The fourth-order valence-corrected chi connectivity index (χ4v) is 4.13. The number of nitrogens with zero attached hydrogens (tertiary/aromatic N) is 2. The zero-order valence-electron chi connectivity index (χ0n) is 17.3. The number of anilines is 1. The Kier molecular flexibility index (Phi) is 6.23. The largest absolute Gasteiger partial charge is 0.467 e. The molecule has 0 aliphatic carbocycles. The molecule has 2 heterocycles. The summed E-state index contributed by atoms with van der Waals surface area (Å²) in [6.07, 6.45) is 3.36. The van der Waals surface area contributed by atoms with E-state index < -0.39 is 0 Å². The van der Waals surface area contributed by atoms with Crippen LogP contribution in [0.4, 0.5) is 10.1 Å². The van der Waals surface area contributed by atoms with Crippen molar-refractivity contribution in [2.45, 2.75) is 25.5 Å². The standard InChI is InChI=1S/C24H22FN3O2S/c1-16-5-3-6-17(2)23(16)27-22(29)15-31-24-26-13-21(18-8-10-19(25)11-9-18)28(24)14-20-7-4-12-30-20/h3-13H,14-15H2,1-2H3,(H,27,29). The molecule has 0 fully saturated rings. The maximum atomic E-state index is 13.4. The van der Waals surface area contributed by atoms with Crippen LogP contribution in [-0.4, -0.2) is 21.2 Å². The number of amides is 1. The molecule has 2 aromatic carbocycles. The van der Waals surface area contributed by atoms with Crippen LogP contribution in [-0.2, 0) is 11.3 Å². The number of carbonyl (C=O) groups is 1. The average Bonchev–Trinajstić information content (AvgIpc) is 3.41. The van der Waals surface area contributed by atoms with Gasteiger partial charge in [0.15, 0.2) is 5.16 Å². The fourth-order valence-electron chi connectivity index (χ4n) is 3.35. The third kappa shape index (κ3) is 4.88. The number of para-hydroxylation sites is 1. The van der Waals surface area contributed by atoms with Crippen LogP contribution in [0.25, 0.3) is 11.3 Å². The molecule has 0 saturated heterocycles. The van der Waals surface area contributed by atoms with E-state index in [4.69, 9.17) is 4.42 Å². The second-order valence-electron chi connectivity index (χ2n) is 7.20. The highest BCUT2D eigenvalue weighted by Crippen LogP contribution is 2.28. The summed E-state index contributed by atoms with van der Waals surface area (Å²) in [6.45, 7) is 4.40. The van der Waals surface area contributed by atoms with E-state index in [1.165, 1.54) is 23.9 Å². The van der Waals surface area contributed by atoms with Gasteiger partial charge in [-0.15, -0.1) is 0 Å². The first-order valence-corrected chi connectivity index (χ1v) is 10.8. The molecule has 7 heteroatoms. The van der Waals surface area contributed by atoms with Crippen LogP contribution >= 0.6 is 11.8 Å². The van der Waals surface area contributed by atoms with Crippen LogP contribution in [0.1, 0.15) is 16.9 Å².